The molecule has 0 saturated carbocycles. The molecule has 0 bridgehead atoms. The highest BCUT2D eigenvalue weighted by molar-refractivity contribution is 6.18. The molecule has 3 rings (SSSR count). The Bertz CT molecular complexity index is 803. The number of carbonyl (C=O) groups excluding carboxylic acids is 1. The monoisotopic (exact) mass is 269 g/mol. The summed E-state index contributed by atoms with van der Waals surface area (Å²) in [5, 5.41) is 29.1. The number of aromatic hydroxyl groups is 3. The predicted octanol–water partition coefficient (Wildman–Crippen LogP) is 2.52. The van der Waals surface area contributed by atoms with Crippen LogP contribution in [0.25, 0.3) is 10.9 Å². The highest BCUT2D eigenvalue weighted by Crippen LogP contribution is 2.34. The van der Waals surface area contributed by atoms with Gasteiger partial charge >= 0.3 is 0 Å². The van der Waals surface area contributed by atoms with Gasteiger partial charge in [-0.05, 0) is 36.4 Å². The molecule has 4 N–H and O–H groups in total. The number of fused-ring (bicyclic) bond motifs is 1. The van der Waals surface area contributed by atoms with Gasteiger partial charge in [0.2, 0.25) is 0 Å². The van der Waals surface area contributed by atoms with E-state index in [0.717, 1.165) is 0 Å². The maximum atomic E-state index is 12.4. The number of ketones is 1. The van der Waals surface area contributed by atoms with Crippen molar-refractivity contribution in [3.63, 3.8) is 0 Å². The van der Waals surface area contributed by atoms with Crippen molar-refractivity contribution in [1.29, 1.82) is 0 Å². The maximum absolute atomic E-state index is 12.4. The van der Waals surface area contributed by atoms with Gasteiger partial charge in [-0.1, -0.05) is 0 Å². The highest BCUT2D eigenvalue weighted by Gasteiger charge is 2.18. The molecule has 2 aromatic carbocycles. The number of nitrogens with one attached hydrogen (secondary N) is 1. The van der Waals surface area contributed by atoms with E-state index < -0.39 is 0 Å². The van der Waals surface area contributed by atoms with Gasteiger partial charge in [0, 0.05) is 11.8 Å². The minimum Gasteiger partial charge on any atom is -0.508 e. The summed E-state index contributed by atoms with van der Waals surface area (Å²) in [6.07, 6.45) is 1.44. The third-order valence-electron chi connectivity index (χ3n) is 3.17. The first kappa shape index (κ1) is 12.1. The molecule has 0 aliphatic rings. The Labute approximate surface area is 113 Å². The molecule has 5 heteroatoms. The number of hydrogen-bond acceptors (Lipinski definition) is 4. The fraction of sp³-hybridized carbons (Fsp3) is 0. The van der Waals surface area contributed by atoms with Crippen LogP contribution in [-0.2, 0) is 0 Å². The predicted molar refractivity (Wildman–Crippen MR) is 73.2 cm³/mol. The van der Waals surface area contributed by atoms with Crippen LogP contribution in [-0.4, -0.2) is 26.1 Å². The van der Waals surface area contributed by atoms with Gasteiger partial charge in [0.1, 0.15) is 17.2 Å². The van der Waals surface area contributed by atoms with Crippen molar-refractivity contribution in [2.45, 2.75) is 0 Å². The fourth-order valence-electron chi connectivity index (χ4n) is 2.16. The van der Waals surface area contributed by atoms with Gasteiger partial charge in [0.25, 0.3) is 0 Å². The van der Waals surface area contributed by atoms with Crippen molar-refractivity contribution in [2.75, 3.05) is 0 Å². The van der Waals surface area contributed by atoms with Gasteiger partial charge in [-0.25, -0.2) is 0 Å². The lowest BCUT2D eigenvalue weighted by molar-refractivity contribution is 0.104. The van der Waals surface area contributed by atoms with E-state index in [1.54, 1.807) is 0 Å². The standard InChI is InChI=1S/C15H11NO4/c17-9-3-1-8(2-4-9)15(20)10-7-16-14-12(19)6-5-11(18)13(10)14/h1-7,16-19H. The Balaban J connectivity index is 2.17. The van der Waals surface area contributed by atoms with Gasteiger partial charge < -0.3 is 20.3 Å². The lowest BCUT2D eigenvalue weighted by Gasteiger charge is -2.02. The zero-order valence-corrected chi connectivity index (χ0v) is 10.3. The molecule has 0 spiro atoms. The Morgan fingerprint density at radius 2 is 1.55 bits per heavy atom. The number of aromatic amines is 1. The molecule has 100 valence electrons. The first-order chi connectivity index (χ1) is 9.58. The topological polar surface area (TPSA) is 93.5 Å². The number of benzene rings is 2. The second-order valence-corrected chi connectivity index (χ2v) is 4.43. The molecular weight excluding hydrogens is 258 g/mol. The molecule has 0 aliphatic heterocycles. The van der Waals surface area contributed by atoms with Gasteiger partial charge in [-0.2, -0.15) is 0 Å². The molecule has 1 aromatic heterocycles. The SMILES string of the molecule is O=C(c1ccc(O)cc1)c1c[nH]c2c(O)ccc(O)c12. The number of phenols is 3. The van der Waals surface area contributed by atoms with Gasteiger partial charge in [-0.15, -0.1) is 0 Å². The van der Waals surface area contributed by atoms with E-state index in [9.17, 15) is 20.1 Å². The van der Waals surface area contributed by atoms with E-state index in [1.165, 1.54) is 42.6 Å². The molecule has 0 saturated heterocycles. The zero-order valence-electron chi connectivity index (χ0n) is 10.3. The van der Waals surface area contributed by atoms with Crippen LogP contribution in [0.1, 0.15) is 15.9 Å². The van der Waals surface area contributed by atoms with Crippen molar-refractivity contribution in [3.05, 3.63) is 53.7 Å². The normalized spacial score (nSPS) is 10.8. The molecular formula is C15H11NO4. The molecule has 0 atom stereocenters. The van der Waals surface area contributed by atoms with Crippen LogP contribution in [0.5, 0.6) is 17.2 Å². The summed E-state index contributed by atoms with van der Waals surface area (Å²) >= 11 is 0. The van der Waals surface area contributed by atoms with Crippen molar-refractivity contribution in [2.24, 2.45) is 0 Å². The minimum absolute atomic E-state index is 0.0393. The lowest BCUT2D eigenvalue weighted by atomic mass is 10.0. The van der Waals surface area contributed by atoms with E-state index in [-0.39, 0.29) is 34.0 Å². The van der Waals surface area contributed by atoms with Crippen LogP contribution in [0.4, 0.5) is 0 Å². The Kier molecular flexibility index (Phi) is 2.61. The van der Waals surface area contributed by atoms with Crippen LogP contribution in [0.3, 0.4) is 0 Å². The molecule has 5 nitrogen and oxygen atoms in total. The number of H-pyrrole nitrogens is 1. The first-order valence-electron chi connectivity index (χ1n) is 5.93. The average molecular weight is 269 g/mol. The third-order valence-corrected chi connectivity index (χ3v) is 3.17. The average Bonchev–Trinajstić information content (AvgIpc) is 2.89. The van der Waals surface area contributed by atoms with Gasteiger partial charge in [-0.3, -0.25) is 4.79 Å². The molecule has 1 heterocycles. The molecule has 0 amide bonds. The number of hydrogen-bond donors (Lipinski definition) is 4. The van der Waals surface area contributed by atoms with E-state index in [0.29, 0.717) is 11.1 Å². The van der Waals surface area contributed by atoms with Crippen LogP contribution in [0, 0.1) is 0 Å². The van der Waals surface area contributed by atoms with Crippen LogP contribution < -0.4 is 0 Å². The van der Waals surface area contributed by atoms with Crippen molar-refractivity contribution < 1.29 is 20.1 Å². The smallest absolute Gasteiger partial charge is 0.195 e. The van der Waals surface area contributed by atoms with E-state index in [1.807, 2.05) is 0 Å². The lowest BCUT2D eigenvalue weighted by Crippen LogP contribution is -1.99. The van der Waals surface area contributed by atoms with Gasteiger partial charge in [0.15, 0.2) is 5.78 Å². The summed E-state index contributed by atoms with van der Waals surface area (Å²) in [4.78, 5) is 15.2. The Morgan fingerprint density at radius 3 is 2.25 bits per heavy atom. The quantitative estimate of drug-likeness (QED) is 0.425. The van der Waals surface area contributed by atoms with Gasteiger partial charge in [0.05, 0.1) is 16.5 Å². The van der Waals surface area contributed by atoms with E-state index in [4.69, 9.17) is 0 Å². The summed E-state index contributed by atoms with van der Waals surface area (Å²) in [7, 11) is 0. The maximum Gasteiger partial charge on any atom is 0.195 e. The Morgan fingerprint density at radius 1 is 0.900 bits per heavy atom. The first-order valence-corrected chi connectivity index (χ1v) is 5.93. The van der Waals surface area contributed by atoms with Crippen molar-refractivity contribution >= 4 is 16.7 Å². The highest BCUT2D eigenvalue weighted by atomic mass is 16.3. The summed E-state index contributed by atoms with van der Waals surface area (Å²) in [5.74, 6) is -0.359. The second kappa shape index (κ2) is 4.31. The van der Waals surface area contributed by atoms with Crippen LogP contribution in [0.2, 0.25) is 0 Å². The molecule has 0 radical (unpaired) electrons. The van der Waals surface area contributed by atoms with Crippen molar-refractivity contribution in [1.82, 2.24) is 4.98 Å². The minimum atomic E-state index is -0.308. The van der Waals surface area contributed by atoms with Crippen LogP contribution >= 0.6 is 0 Å². The van der Waals surface area contributed by atoms with Crippen molar-refractivity contribution in [3.8, 4) is 17.2 Å². The van der Waals surface area contributed by atoms with Crippen LogP contribution in [0.15, 0.2) is 42.6 Å². The summed E-state index contributed by atoms with van der Waals surface area (Å²) in [6, 6.07) is 8.51. The number of aromatic nitrogens is 1. The molecule has 0 aliphatic carbocycles. The zero-order chi connectivity index (χ0) is 14.3. The fourth-order valence-corrected chi connectivity index (χ4v) is 2.16. The van der Waals surface area contributed by atoms with E-state index in [2.05, 4.69) is 4.98 Å². The molecule has 20 heavy (non-hydrogen) atoms. The largest absolute Gasteiger partial charge is 0.508 e. The number of carbonyl (C=O) groups is 1. The Hall–Kier alpha value is -2.95. The molecule has 3 aromatic rings. The third kappa shape index (κ3) is 1.76. The number of phenolic OH excluding ortho intramolecular Hbond substituents is 3. The second-order valence-electron chi connectivity index (χ2n) is 4.43. The summed E-state index contributed by atoms with van der Waals surface area (Å²) < 4.78 is 0. The number of rotatable bonds is 2. The molecule has 0 unspecified atom stereocenters. The summed E-state index contributed by atoms with van der Waals surface area (Å²) in [6.45, 7) is 0. The molecule has 0 fully saturated rings. The summed E-state index contributed by atoms with van der Waals surface area (Å²) in [5.41, 5.74) is 0.956. The van der Waals surface area contributed by atoms with E-state index >= 15 is 0 Å².